The molecule has 2 aromatic carbocycles. The number of carbonyl (C=O) groups excluding carboxylic acids is 3. The van der Waals surface area contributed by atoms with Gasteiger partial charge in [0, 0.05) is 24.2 Å². The highest BCUT2D eigenvalue weighted by Crippen LogP contribution is 2.21. The molecule has 28 heavy (non-hydrogen) atoms. The second-order valence-corrected chi connectivity index (χ2v) is 7.04. The smallest absolute Gasteiger partial charge is 0.325 e. The first-order valence-corrected chi connectivity index (χ1v) is 9.34. The van der Waals surface area contributed by atoms with Gasteiger partial charge in [-0.05, 0) is 50.1 Å². The van der Waals surface area contributed by atoms with Crippen molar-refractivity contribution in [3.05, 3.63) is 64.7 Å². The van der Waals surface area contributed by atoms with Gasteiger partial charge in [-0.2, -0.15) is 0 Å². The van der Waals surface area contributed by atoms with Gasteiger partial charge in [0.2, 0.25) is 5.91 Å². The molecule has 1 aliphatic heterocycles. The maximum Gasteiger partial charge on any atom is 0.325 e. The van der Waals surface area contributed by atoms with Gasteiger partial charge in [-0.1, -0.05) is 29.3 Å². The lowest BCUT2D eigenvalue weighted by Crippen LogP contribution is -2.30. The Bertz CT molecular complexity index is 870. The van der Waals surface area contributed by atoms with Gasteiger partial charge < -0.3 is 15.0 Å². The predicted molar refractivity (Wildman–Crippen MR) is 106 cm³/mol. The molecular weight excluding hydrogens is 356 g/mol. The first kappa shape index (κ1) is 19.6. The number of anilines is 1. The van der Waals surface area contributed by atoms with Gasteiger partial charge in [0.05, 0.1) is 0 Å². The Balaban J connectivity index is 1.48. The molecule has 0 spiro atoms. The van der Waals surface area contributed by atoms with Crippen LogP contribution in [0.3, 0.4) is 0 Å². The number of carbonyl (C=O) groups is 3. The minimum absolute atomic E-state index is 0.101. The summed E-state index contributed by atoms with van der Waals surface area (Å²) in [6.45, 7) is 4.66. The van der Waals surface area contributed by atoms with Crippen molar-refractivity contribution in [2.75, 3.05) is 18.0 Å². The molecule has 2 amide bonds. The molecule has 6 nitrogen and oxygen atoms in total. The third-order valence-electron chi connectivity index (χ3n) is 4.59. The van der Waals surface area contributed by atoms with Gasteiger partial charge in [-0.25, -0.2) is 0 Å². The number of benzene rings is 2. The number of aryl methyl sites for hydroxylation is 2. The van der Waals surface area contributed by atoms with Gasteiger partial charge in [0.1, 0.15) is 13.2 Å². The Hall–Kier alpha value is -3.15. The van der Waals surface area contributed by atoms with Crippen molar-refractivity contribution < 1.29 is 19.1 Å². The Labute approximate surface area is 164 Å². The van der Waals surface area contributed by atoms with Crippen molar-refractivity contribution in [3.63, 3.8) is 0 Å². The first-order chi connectivity index (χ1) is 13.4. The van der Waals surface area contributed by atoms with Crippen LogP contribution in [0.4, 0.5) is 5.69 Å². The van der Waals surface area contributed by atoms with E-state index in [0.717, 1.165) is 28.8 Å². The van der Waals surface area contributed by atoms with E-state index >= 15 is 0 Å². The fourth-order valence-corrected chi connectivity index (χ4v) is 3.34. The van der Waals surface area contributed by atoms with Gasteiger partial charge in [-0.15, -0.1) is 0 Å². The van der Waals surface area contributed by atoms with E-state index in [1.807, 2.05) is 26.0 Å². The molecule has 0 atom stereocenters. The minimum atomic E-state index is -0.494. The summed E-state index contributed by atoms with van der Waals surface area (Å²) in [7, 11) is 0. The zero-order valence-corrected chi connectivity index (χ0v) is 16.2. The molecule has 0 aliphatic carbocycles. The molecule has 0 bridgehead atoms. The molecule has 2 aromatic rings. The summed E-state index contributed by atoms with van der Waals surface area (Å²) >= 11 is 0. The van der Waals surface area contributed by atoms with Crippen molar-refractivity contribution >= 4 is 23.5 Å². The van der Waals surface area contributed by atoms with Crippen LogP contribution in [0.2, 0.25) is 0 Å². The lowest BCUT2D eigenvalue weighted by molar-refractivity contribution is -0.143. The second-order valence-electron chi connectivity index (χ2n) is 7.04. The van der Waals surface area contributed by atoms with E-state index in [0.29, 0.717) is 18.5 Å². The molecule has 6 heteroatoms. The fourth-order valence-electron chi connectivity index (χ4n) is 3.34. The van der Waals surface area contributed by atoms with E-state index < -0.39 is 5.97 Å². The van der Waals surface area contributed by atoms with E-state index in [-0.39, 0.29) is 25.0 Å². The summed E-state index contributed by atoms with van der Waals surface area (Å²) in [5, 5.41) is 2.56. The molecule has 3 rings (SSSR count). The van der Waals surface area contributed by atoms with Crippen molar-refractivity contribution in [1.82, 2.24) is 5.32 Å². The number of hydrogen-bond donors (Lipinski definition) is 1. The van der Waals surface area contributed by atoms with Crippen molar-refractivity contribution in [2.45, 2.75) is 33.3 Å². The summed E-state index contributed by atoms with van der Waals surface area (Å²) in [5.41, 5.74) is 4.35. The van der Waals surface area contributed by atoms with Crippen LogP contribution in [0.5, 0.6) is 0 Å². The molecule has 1 N–H and O–H groups in total. The fraction of sp³-hybridized carbons (Fsp3) is 0.318. The van der Waals surface area contributed by atoms with E-state index in [4.69, 9.17) is 4.74 Å². The molecule has 1 saturated heterocycles. The molecule has 1 heterocycles. The quantitative estimate of drug-likeness (QED) is 0.782. The third kappa shape index (κ3) is 4.97. The van der Waals surface area contributed by atoms with Crippen LogP contribution in [0.1, 0.15) is 39.9 Å². The number of ether oxygens (including phenoxy) is 1. The SMILES string of the molecule is Cc1cc(C)cc(COC(=O)CNC(=O)c2ccc(N3CCCC3=O)cc2)c1. The van der Waals surface area contributed by atoms with Crippen molar-refractivity contribution in [3.8, 4) is 0 Å². The number of amides is 2. The first-order valence-electron chi connectivity index (χ1n) is 9.34. The molecule has 0 aromatic heterocycles. The zero-order valence-electron chi connectivity index (χ0n) is 16.2. The number of esters is 1. The highest BCUT2D eigenvalue weighted by molar-refractivity contribution is 5.98. The average molecular weight is 380 g/mol. The molecule has 1 fully saturated rings. The van der Waals surface area contributed by atoms with Crippen LogP contribution in [0, 0.1) is 13.8 Å². The standard InChI is InChI=1S/C22H24N2O4/c1-15-10-16(2)12-17(11-15)14-28-21(26)13-23-22(27)18-5-7-19(8-6-18)24-9-3-4-20(24)25/h5-8,10-12H,3-4,9,13-14H2,1-2H3,(H,23,27). The molecule has 0 saturated carbocycles. The molecule has 0 unspecified atom stereocenters. The van der Waals surface area contributed by atoms with Gasteiger partial charge >= 0.3 is 5.97 Å². The van der Waals surface area contributed by atoms with E-state index in [1.54, 1.807) is 29.2 Å². The van der Waals surface area contributed by atoms with E-state index in [9.17, 15) is 14.4 Å². The van der Waals surface area contributed by atoms with Crippen LogP contribution >= 0.6 is 0 Å². The van der Waals surface area contributed by atoms with Crippen LogP contribution in [0.15, 0.2) is 42.5 Å². The second kappa shape index (κ2) is 8.69. The van der Waals surface area contributed by atoms with E-state index in [2.05, 4.69) is 11.4 Å². The Morgan fingerprint density at radius 1 is 1.07 bits per heavy atom. The Kier molecular flexibility index (Phi) is 6.09. The van der Waals surface area contributed by atoms with Crippen LogP contribution < -0.4 is 10.2 Å². The Morgan fingerprint density at radius 3 is 2.36 bits per heavy atom. The summed E-state index contributed by atoms with van der Waals surface area (Å²) in [6.07, 6.45) is 1.41. The lowest BCUT2D eigenvalue weighted by Gasteiger charge is -2.15. The number of nitrogens with one attached hydrogen (secondary N) is 1. The number of rotatable bonds is 6. The number of hydrogen-bond acceptors (Lipinski definition) is 4. The van der Waals surface area contributed by atoms with Crippen LogP contribution in [-0.2, 0) is 20.9 Å². The Morgan fingerprint density at radius 2 is 1.75 bits per heavy atom. The van der Waals surface area contributed by atoms with Gasteiger partial charge in [0.15, 0.2) is 0 Å². The lowest BCUT2D eigenvalue weighted by atomic mass is 10.1. The number of nitrogens with zero attached hydrogens (tertiary/aromatic N) is 1. The largest absolute Gasteiger partial charge is 0.460 e. The maximum atomic E-state index is 12.2. The van der Waals surface area contributed by atoms with Gasteiger partial charge in [-0.3, -0.25) is 14.4 Å². The summed E-state index contributed by atoms with van der Waals surface area (Å²) in [4.78, 5) is 37.6. The molecule has 1 aliphatic rings. The van der Waals surface area contributed by atoms with E-state index in [1.165, 1.54) is 0 Å². The van der Waals surface area contributed by atoms with Crippen LogP contribution in [-0.4, -0.2) is 30.9 Å². The predicted octanol–water partition coefficient (Wildman–Crippen LogP) is 2.90. The average Bonchev–Trinajstić information content (AvgIpc) is 3.10. The highest BCUT2D eigenvalue weighted by atomic mass is 16.5. The molecule has 0 radical (unpaired) electrons. The third-order valence-corrected chi connectivity index (χ3v) is 4.59. The maximum absolute atomic E-state index is 12.2. The van der Waals surface area contributed by atoms with Crippen molar-refractivity contribution in [2.24, 2.45) is 0 Å². The summed E-state index contributed by atoms with van der Waals surface area (Å²) < 4.78 is 5.22. The van der Waals surface area contributed by atoms with Crippen LogP contribution in [0.25, 0.3) is 0 Å². The minimum Gasteiger partial charge on any atom is -0.460 e. The highest BCUT2D eigenvalue weighted by Gasteiger charge is 2.21. The normalized spacial score (nSPS) is 13.5. The molecular formula is C22H24N2O4. The molecule has 146 valence electrons. The summed E-state index contributed by atoms with van der Waals surface area (Å²) in [6, 6.07) is 12.8. The van der Waals surface area contributed by atoms with Crippen molar-refractivity contribution in [1.29, 1.82) is 0 Å². The topological polar surface area (TPSA) is 75.7 Å². The monoisotopic (exact) mass is 380 g/mol. The van der Waals surface area contributed by atoms with Gasteiger partial charge in [0.25, 0.3) is 5.91 Å². The summed E-state index contributed by atoms with van der Waals surface area (Å²) in [5.74, 6) is -0.752. The zero-order chi connectivity index (χ0) is 20.1.